The van der Waals surface area contributed by atoms with E-state index in [1.54, 1.807) is 0 Å². The molecule has 0 saturated heterocycles. The second kappa shape index (κ2) is 9.65. The highest BCUT2D eigenvalue weighted by Gasteiger charge is 1.93. The Morgan fingerprint density at radius 2 is 1.25 bits per heavy atom. The molecule has 87 valence electrons. The third-order valence-electron chi connectivity index (χ3n) is 2.99. The molecule has 1 aromatic carbocycles. The van der Waals surface area contributed by atoms with Gasteiger partial charge in [0.1, 0.15) is 0 Å². The molecule has 0 heterocycles. The molecule has 1 heteroatoms. The van der Waals surface area contributed by atoms with Crippen molar-refractivity contribution in [3.05, 3.63) is 35.9 Å². The van der Waals surface area contributed by atoms with Crippen molar-refractivity contribution in [2.45, 2.75) is 57.4 Å². The maximum Gasteiger partial charge on any atom is 0.0222 e. The summed E-state index contributed by atoms with van der Waals surface area (Å²) in [5, 5.41) is 0. The van der Waals surface area contributed by atoms with Gasteiger partial charge in [0.25, 0.3) is 0 Å². The quantitative estimate of drug-likeness (QED) is 0.432. The van der Waals surface area contributed by atoms with E-state index >= 15 is 0 Å². The maximum absolute atomic E-state index is 3.51. The van der Waals surface area contributed by atoms with E-state index in [1.165, 1.54) is 56.9 Å². The van der Waals surface area contributed by atoms with Crippen molar-refractivity contribution in [3.8, 4) is 0 Å². The molecule has 0 aliphatic rings. The number of hydrogen-bond acceptors (Lipinski definition) is 0. The smallest absolute Gasteiger partial charge is 0.0222 e. The fourth-order valence-electron chi connectivity index (χ4n) is 1.98. The van der Waals surface area contributed by atoms with Crippen LogP contribution in [-0.2, 0) is 6.42 Å². The van der Waals surface area contributed by atoms with Crippen LogP contribution in [0.3, 0.4) is 0 Å². The Labute approximate surface area is 104 Å². The van der Waals surface area contributed by atoms with Crippen LogP contribution in [-0.4, -0.2) is 10.2 Å². The molecule has 1 rings (SSSR count). The van der Waals surface area contributed by atoms with E-state index in [9.17, 15) is 0 Å². The van der Waals surface area contributed by atoms with Crippen molar-refractivity contribution in [1.29, 1.82) is 0 Å². The van der Waals surface area contributed by atoms with Crippen molar-refractivity contribution in [2.75, 3.05) is 0 Å². The minimum atomic E-state index is 1.16. The van der Waals surface area contributed by atoms with Crippen LogP contribution in [0.1, 0.15) is 50.5 Å². The fourth-order valence-corrected chi connectivity index (χ4v) is 2.23. The van der Waals surface area contributed by atoms with E-state index in [4.69, 9.17) is 0 Å². The zero-order valence-corrected chi connectivity index (χ0v) is 11.3. The Balaban J connectivity index is 1.89. The molecule has 0 unspecified atom stereocenters. The highest BCUT2D eigenvalue weighted by atomic mass is 28.1. The molecule has 16 heavy (non-hydrogen) atoms. The minimum Gasteiger partial charge on any atom is -0.0638 e. The lowest BCUT2D eigenvalue weighted by atomic mass is 10.0. The largest absolute Gasteiger partial charge is 0.0638 e. The normalized spacial score (nSPS) is 10.6. The van der Waals surface area contributed by atoms with Crippen LogP contribution in [0.4, 0.5) is 0 Å². The average Bonchev–Trinajstić information content (AvgIpc) is 2.34. The van der Waals surface area contributed by atoms with Crippen LogP contribution in [0.5, 0.6) is 0 Å². The van der Waals surface area contributed by atoms with E-state index in [-0.39, 0.29) is 0 Å². The Morgan fingerprint density at radius 1 is 0.688 bits per heavy atom. The van der Waals surface area contributed by atoms with E-state index in [0.29, 0.717) is 0 Å². The van der Waals surface area contributed by atoms with Crippen molar-refractivity contribution in [1.82, 2.24) is 0 Å². The van der Waals surface area contributed by atoms with Gasteiger partial charge in [0, 0.05) is 10.2 Å². The lowest BCUT2D eigenvalue weighted by Crippen LogP contribution is -1.85. The van der Waals surface area contributed by atoms with Gasteiger partial charge in [0.15, 0.2) is 0 Å². The number of rotatable bonds is 9. The van der Waals surface area contributed by atoms with E-state index < -0.39 is 0 Å². The van der Waals surface area contributed by atoms with Gasteiger partial charge >= 0.3 is 0 Å². The predicted molar refractivity (Wildman–Crippen MR) is 73.0 cm³/mol. The molecular weight excluding hydrogens is 208 g/mol. The highest BCUT2D eigenvalue weighted by Crippen LogP contribution is 2.10. The van der Waals surface area contributed by atoms with Gasteiger partial charge in [-0.05, 0) is 18.4 Å². The third-order valence-corrected chi connectivity index (χ3v) is 3.34. The van der Waals surface area contributed by atoms with Gasteiger partial charge in [-0.2, -0.15) is 0 Å². The fraction of sp³-hybridized carbons (Fsp3) is 0.600. The van der Waals surface area contributed by atoms with Crippen LogP contribution in [0.2, 0.25) is 6.04 Å². The van der Waals surface area contributed by atoms with Crippen LogP contribution in [0.25, 0.3) is 0 Å². The Hall–Kier alpha value is -0.563. The Morgan fingerprint density at radius 3 is 1.88 bits per heavy atom. The summed E-state index contributed by atoms with van der Waals surface area (Å²) in [7, 11) is 3.51. The van der Waals surface area contributed by atoms with Gasteiger partial charge in [-0.3, -0.25) is 0 Å². The summed E-state index contributed by atoms with van der Waals surface area (Å²) in [5.74, 6) is 0. The average molecular weight is 231 g/mol. The van der Waals surface area contributed by atoms with Crippen molar-refractivity contribution >= 4 is 10.2 Å². The van der Waals surface area contributed by atoms with Crippen LogP contribution in [0.15, 0.2) is 30.3 Å². The third kappa shape index (κ3) is 6.84. The molecule has 0 spiro atoms. The van der Waals surface area contributed by atoms with Crippen LogP contribution >= 0.6 is 0 Å². The lowest BCUT2D eigenvalue weighted by Gasteiger charge is -2.02. The van der Waals surface area contributed by atoms with Gasteiger partial charge in [-0.25, -0.2) is 0 Å². The number of hydrogen-bond donors (Lipinski definition) is 0. The second-order valence-corrected chi connectivity index (χ2v) is 4.96. The highest BCUT2D eigenvalue weighted by molar-refractivity contribution is 6.08. The zero-order valence-electron chi connectivity index (χ0n) is 10.3. The van der Waals surface area contributed by atoms with Gasteiger partial charge in [-0.15, -0.1) is 0 Å². The molecule has 0 fully saturated rings. The van der Waals surface area contributed by atoms with Gasteiger partial charge in [0.2, 0.25) is 0 Å². The first-order valence-electron chi connectivity index (χ1n) is 6.62. The van der Waals surface area contributed by atoms with Crippen molar-refractivity contribution in [2.24, 2.45) is 0 Å². The van der Waals surface area contributed by atoms with Gasteiger partial charge < -0.3 is 0 Å². The predicted octanol–water partition coefficient (Wildman–Crippen LogP) is 4.55. The number of benzene rings is 1. The zero-order chi connectivity index (χ0) is 11.5. The summed E-state index contributed by atoms with van der Waals surface area (Å²) in [6.45, 7) is 0. The Kier molecular flexibility index (Phi) is 8.14. The molecule has 0 bridgehead atoms. The van der Waals surface area contributed by atoms with Gasteiger partial charge in [-0.1, -0.05) is 74.9 Å². The monoisotopic (exact) mass is 231 g/mol. The second-order valence-electron chi connectivity index (χ2n) is 4.46. The first kappa shape index (κ1) is 13.5. The Bertz CT molecular complexity index is 243. The summed E-state index contributed by atoms with van der Waals surface area (Å²) < 4.78 is 0. The van der Waals surface area contributed by atoms with E-state index in [2.05, 4.69) is 40.6 Å². The molecule has 1 aromatic rings. The topological polar surface area (TPSA) is 0 Å². The molecule has 0 nitrogen and oxygen atoms in total. The summed E-state index contributed by atoms with van der Waals surface area (Å²) >= 11 is 0. The molecular formula is C15H23Si. The molecule has 0 saturated carbocycles. The van der Waals surface area contributed by atoms with Crippen LogP contribution < -0.4 is 0 Å². The molecule has 0 amide bonds. The minimum absolute atomic E-state index is 1.16. The molecule has 0 aromatic heterocycles. The van der Waals surface area contributed by atoms with Gasteiger partial charge in [0.05, 0.1) is 0 Å². The molecule has 0 atom stereocenters. The summed E-state index contributed by atoms with van der Waals surface area (Å²) in [6, 6.07) is 12.0. The standard InChI is InChI=1S/C15H23Si/c16-14-10-5-3-1-2-4-7-11-15-12-8-6-9-13-15/h6,8-9,12-13H,1-5,7,10-11,14H2. The molecule has 0 aliphatic heterocycles. The summed E-state index contributed by atoms with van der Waals surface area (Å²) in [5.41, 5.74) is 1.49. The summed E-state index contributed by atoms with van der Waals surface area (Å²) in [6.07, 6.45) is 11.0. The van der Waals surface area contributed by atoms with Crippen molar-refractivity contribution < 1.29 is 0 Å². The summed E-state index contributed by atoms with van der Waals surface area (Å²) in [4.78, 5) is 0. The number of unbranched alkanes of at least 4 members (excludes halogenated alkanes) is 6. The number of aryl methyl sites for hydroxylation is 1. The van der Waals surface area contributed by atoms with Crippen molar-refractivity contribution in [3.63, 3.8) is 0 Å². The maximum atomic E-state index is 3.51. The first-order valence-corrected chi connectivity index (χ1v) is 7.32. The molecule has 0 aliphatic carbocycles. The van der Waals surface area contributed by atoms with E-state index in [1.807, 2.05) is 0 Å². The SMILES string of the molecule is [Si]CCCCCCCCCc1ccccc1. The van der Waals surface area contributed by atoms with Crippen LogP contribution in [0, 0.1) is 0 Å². The molecule has 0 N–H and O–H groups in total. The molecule has 3 radical (unpaired) electrons. The first-order chi connectivity index (χ1) is 7.93. The lowest BCUT2D eigenvalue weighted by molar-refractivity contribution is 0.589. The van der Waals surface area contributed by atoms with E-state index in [0.717, 1.165) is 6.04 Å².